The summed E-state index contributed by atoms with van der Waals surface area (Å²) in [7, 11) is 1.88. The van der Waals surface area contributed by atoms with Crippen molar-refractivity contribution in [1.29, 1.82) is 0 Å². The normalized spacial score (nSPS) is 23.7. The topological polar surface area (TPSA) is 43.8 Å². The monoisotopic (exact) mass is 262 g/mol. The zero-order valence-electron chi connectivity index (χ0n) is 12.1. The van der Waals surface area contributed by atoms with Crippen LogP contribution in [0.1, 0.15) is 19.4 Å². The second-order valence-electron chi connectivity index (χ2n) is 5.94. The van der Waals surface area contributed by atoms with Crippen molar-refractivity contribution in [2.24, 2.45) is 0 Å². The van der Waals surface area contributed by atoms with Gasteiger partial charge in [0.25, 0.3) is 0 Å². The van der Waals surface area contributed by atoms with Crippen LogP contribution in [0.15, 0.2) is 24.3 Å². The number of carbonyl (C=O) groups excluding carboxylic acids is 1. The van der Waals surface area contributed by atoms with Crippen LogP contribution in [-0.4, -0.2) is 47.7 Å². The van der Waals surface area contributed by atoms with Gasteiger partial charge in [-0.25, -0.2) is 0 Å². The Balaban J connectivity index is 2.43. The van der Waals surface area contributed by atoms with Gasteiger partial charge in [-0.2, -0.15) is 0 Å². The van der Waals surface area contributed by atoms with Crippen molar-refractivity contribution in [2.45, 2.75) is 32.4 Å². The number of aliphatic hydroxyl groups is 1. The third kappa shape index (κ3) is 2.51. The average Bonchev–Trinajstić information content (AvgIpc) is 2.27. The molecule has 1 aromatic rings. The largest absolute Gasteiger partial charge is 0.394 e. The van der Waals surface area contributed by atoms with Crippen molar-refractivity contribution >= 4 is 11.6 Å². The molecule has 0 saturated carbocycles. The van der Waals surface area contributed by atoms with E-state index in [-0.39, 0.29) is 18.1 Å². The standard InChI is InChI=1S/C15H22N2O2/c1-11-6-5-7-12(8-11)17-14(19)13(9-18)16(4)10-15(17,2)3/h5-8,13,18H,9-10H2,1-4H3. The Morgan fingerprint density at radius 2 is 2.11 bits per heavy atom. The molecule has 1 atom stereocenters. The Labute approximate surface area is 114 Å². The summed E-state index contributed by atoms with van der Waals surface area (Å²) in [6.07, 6.45) is 0. The summed E-state index contributed by atoms with van der Waals surface area (Å²) >= 11 is 0. The molecule has 1 aliphatic heterocycles. The molecule has 4 nitrogen and oxygen atoms in total. The first kappa shape index (κ1) is 14.0. The van der Waals surface area contributed by atoms with Gasteiger partial charge < -0.3 is 10.0 Å². The molecule has 0 bridgehead atoms. The van der Waals surface area contributed by atoms with Gasteiger partial charge in [0, 0.05) is 12.2 Å². The van der Waals surface area contributed by atoms with E-state index in [4.69, 9.17) is 0 Å². The van der Waals surface area contributed by atoms with Crippen molar-refractivity contribution < 1.29 is 9.90 Å². The maximum Gasteiger partial charge on any atom is 0.247 e. The molecule has 1 amide bonds. The molecule has 2 rings (SSSR count). The zero-order chi connectivity index (χ0) is 14.2. The summed E-state index contributed by atoms with van der Waals surface area (Å²) in [6.45, 7) is 6.71. The number of likely N-dealkylation sites (N-methyl/N-ethyl adjacent to an activating group) is 1. The van der Waals surface area contributed by atoms with E-state index in [0.717, 1.165) is 17.8 Å². The van der Waals surface area contributed by atoms with Crippen LogP contribution in [0.5, 0.6) is 0 Å². The van der Waals surface area contributed by atoms with Gasteiger partial charge in [0.2, 0.25) is 5.91 Å². The number of carbonyl (C=O) groups is 1. The Kier molecular flexibility index (Phi) is 3.65. The second kappa shape index (κ2) is 4.94. The predicted molar refractivity (Wildman–Crippen MR) is 76.2 cm³/mol. The predicted octanol–water partition coefficient (Wildman–Crippen LogP) is 1.41. The molecule has 1 saturated heterocycles. The molecular weight excluding hydrogens is 240 g/mol. The highest BCUT2D eigenvalue weighted by Crippen LogP contribution is 2.30. The summed E-state index contributed by atoms with van der Waals surface area (Å²) < 4.78 is 0. The van der Waals surface area contributed by atoms with Gasteiger partial charge in [-0.15, -0.1) is 0 Å². The highest BCUT2D eigenvalue weighted by Gasteiger charge is 2.43. The number of amides is 1. The van der Waals surface area contributed by atoms with E-state index >= 15 is 0 Å². The van der Waals surface area contributed by atoms with Crippen molar-refractivity contribution in [3.05, 3.63) is 29.8 Å². The first-order chi connectivity index (χ1) is 8.86. The van der Waals surface area contributed by atoms with Crippen molar-refractivity contribution in [3.8, 4) is 0 Å². The smallest absolute Gasteiger partial charge is 0.247 e. The maximum absolute atomic E-state index is 12.6. The minimum atomic E-state index is -0.450. The molecule has 1 aliphatic rings. The quantitative estimate of drug-likeness (QED) is 0.876. The lowest BCUT2D eigenvalue weighted by Crippen LogP contribution is -2.66. The summed E-state index contributed by atoms with van der Waals surface area (Å²) in [4.78, 5) is 16.4. The number of nitrogens with zero attached hydrogens (tertiary/aromatic N) is 2. The lowest BCUT2D eigenvalue weighted by molar-refractivity contribution is -0.129. The van der Waals surface area contributed by atoms with Crippen LogP contribution in [-0.2, 0) is 4.79 Å². The molecule has 1 fully saturated rings. The lowest BCUT2D eigenvalue weighted by Gasteiger charge is -2.49. The first-order valence-corrected chi connectivity index (χ1v) is 6.58. The van der Waals surface area contributed by atoms with Gasteiger partial charge in [0.15, 0.2) is 0 Å². The summed E-state index contributed by atoms with van der Waals surface area (Å²) in [5.74, 6) is -0.0353. The number of anilines is 1. The van der Waals surface area contributed by atoms with Crippen LogP contribution in [0.3, 0.4) is 0 Å². The van der Waals surface area contributed by atoms with Crippen molar-refractivity contribution in [1.82, 2.24) is 4.90 Å². The molecule has 104 valence electrons. The number of hydrogen-bond donors (Lipinski definition) is 1. The Morgan fingerprint density at radius 3 is 2.68 bits per heavy atom. The fraction of sp³-hybridized carbons (Fsp3) is 0.533. The van der Waals surface area contributed by atoms with Gasteiger partial charge in [0.1, 0.15) is 6.04 Å². The Morgan fingerprint density at radius 1 is 1.42 bits per heavy atom. The van der Waals surface area contributed by atoms with E-state index < -0.39 is 6.04 Å². The van der Waals surface area contributed by atoms with E-state index in [2.05, 4.69) is 13.8 Å². The molecule has 1 aromatic carbocycles. The molecular formula is C15H22N2O2. The number of rotatable bonds is 2. The number of aryl methyl sites for hydroxylation is 1. The van der Waals surface area contributed by atoms with E-state index in [1.165, 1.54) is 0 Å². The third-order valence-electron chi connectivity index (χ3n) is 3.71. The molecule has 4 heteroatoms. The van der Waals surface area contributed by atoms with Gasteiger partial charge >= 0.3 is 0 Å². The van der Waals surface area contributed by atoms with Gasteiger partial charge in [-0.3, -0.25) is 9.69 Å². The van der Waals surface area contributed by atoms with Crippen LogP contribution in [0.4, 0.5) is 5.69 Å². The first-order valence-electron chi connectivity index (χ1n) is 6.58. The van der Waals surface area contributed by atoms with Crippen molar-refractivity contribution in [3.63, 3.8) is 0 Å². The Hall–Kier alpha value is -1.39. The van der Waals surface area contributed by atoms with E-state index in [9.17, 15) is 9.90 Å². The summed E-state index contributed by atoms with van der Waals surface area (Å²) in [5, 5.41) is 9.43. The number of hydrogen-bond acceptors (Lipinski definition) is 3. The molecule has 0 spiro atoms. The fourth-order valence-electron chi connectivity index (χ4n) is 2.89. The maximum atomic E-state index is 12.6. The molecule has 0 radical (unpaired) electrons. The second-order valence-corrected chi connectivity index (χ2v) is 5.94. The molecule has 0 aliphatic carbocycles. The molecule has 0 aromatic heterocycles. The van der Waals surface area contributed by atoms with Crippen molar-refractivity contribution in [2.75, 3.05) is 25.1 Å². The molecule has 1 heterocycles. The summed E-state index contributed by atoms with van der Waals surface area (Å²) in [5.41, 5.74) is 1.74. The third-order valence-corrected chi connectivity index (χ3v) is 3.71. The summed E-state index contributed by atoms with van der Waals surface area (Å²) in [6, 6.07) is 7.49. The van der Waals surface area contributed by atoms with Crippen LogP contribution in [0, 0.1) is 6.92 Å². The van der Waals surface area contributed by atoms with E-state index in [0.29, 0.717) is 0 Å². The van der Waals surface area contributed by atoms with Gasteiger partial charge in [-0.1, -0.05) is 12.1 Å². The van der Waals surface area contributed by atoms with E-state index in [1.54, 1.807) is 0 Å². The fourth-order valence-corrected chi connectivity index (χ4v) is 2.89. The van der Waals surface area contributed by atoms with Gasteiger partial charge in [-0.05, 0) is 45.5 Å². The van der Waals surface area contributed by atoms with Crippen LogP contribution in [0.2, 0.25) is 0 Å². The van der Waals surface area contributed by atoms with Gasteiger partial charge in [0.05, 0.1) is 12.1 Å². The Bertz CT molecular complexity index is 485. The SMILES string of the molecule is Cc1cccc(N2C(=O)C(CO)N(C)CC2(C)C)c1. The molecule has 19 heavy (non-hydrogen) atoms. The van der Waals surface area contributed by atoms with E-state index in [1.807, 2.05) is 48.0 Å². The van der Waals surface area contributed by atoms with Crippen LogP contribution >= 0.6 is 0 Å². The lowest BCUT2D eigenvalue weighted by atomic mass is 9.94. The minimum absolute atomic E-state index is 0.0353. The van der Waals surface area contributed by atoms with Crippen LogP contribution in [0.25, 0.3) is 0 Å². The molecule has 1 N–H and O–H groups in total. The zero-order valence-corrected chi connectivity index (χ0v) is 12.1. The highest BCUT2D eigenvalue weighted by atomic mass is 16.3. The molecule has 1 unspecified atom stereocenters. The number of benzene rings is 1. The van der Waals surface area contributed by atoms with Crippen LogP contribution < -0.4 is 4.90 Å². The number of aliphatic hydroxyl groups excluding tert-OH is 1. The minimum Gasteiger partial charge on any atom is -0.394 e. The highest BCUT2D eigenvalue weighted by molar-refractivity contribution is 5.99. The number of piperazine rings is 1. The average molecular weight is 262 g/mol.